The molecular formula is C21H26F2N4O4. The molecule has 0 spiro atoms. The van der Waals surface area contributed by atoms with Gasteiger partial charge in [-0.3, -0.25) is 9.59 Å². The molecule has 10 heteroatoms. The highest BCUT2D eigenvalue weighted by molar-refractivity contribution is 5.97. The van der Waals surface area contributed by atoms with Gasteiger partial charge in [0.15, 0.2) is 5.82 Å². The topological polar surface area (TPSA) is 88.8 Å². The van der Waals surface area contributed by atoms with Gasteiger partial charge in [-0.2, -0.15) is 13.8 Å². The number of hydrogen-bond acceptors (Lipinski definition) is 6. The first-order valence-corrected chi connectivity index (χ1v) is 10.3. The van der Waals surface area contributed by atoms with Crippen molar-refractivity contribution >= 4 is 11.8 Å². The first-order chi connectivity index (χ1) is 14.8. The molecule has 1 aliphatic rings. The third kappa shape index (κ3) is 5.99. The molecule has 2 aromatic rings. The van der Waals surface area contributed by atoms with Crippen molar-refractivity contribution in [2.45, 2.75) is 45.6 Å². The van der Waals surface area contributed by atoms with E-state index in [1.807, 2.05) is 13.8 Å². The van der Waals surface area contributed by atoms with Crippen LogP contribution in [-0.4, -0.2) is 64.5 Å². The number of nitrogens with zero attached hydrogens (tertiary/aromatic N) is 4. The smallest absolute Gasteiger partial charge is 0.387 e. The van der Waals surface area contributed by atoms with E-state index < -0.39 is 6.61 Å². The number of aromatic nitrogens is 2. The normalized spacial score (nSPS) is 14.4. The summed E-state index contributed by atoms with van der Waals surface area (Å²) < 4.78 is 34.8. The molecule has 0 radical (unpaired) electrons. The van der Waals surface area contributed by atoms with Gasteiger partial charge in [0.25, 0.3) is 5.91 Å². The van der Waals surface area contributed by atoms with E-state index in [2.05, 4.69) is 14.9 Å². The fourth-order valence-corrected chi connectivity index (χ4v) is 3.32. The van der Waals surface area contributed by atoms with Crippen LogP contribution in [-0.2, 0) is 11.2 Å². The van der Waals surface area contributed by atoms with Gasteiger partial charge in [-0.25, -0.2) is 0 Å². The van der Waals surface area contributed by atoms with E-state index in [1.165, 1.54) is 18.2 Å². The van der Waals surface area contributed by atoms with E-state index in [-0.39, 0.29) is 29.0 Å². The molecule has 1 aliphatic heterocycles. The van der Waals surface area contributed by atoms with E-state index in [1.54, 1.807) is 15.9 Å². The third-order valence-electron chi connectivity index (χ3n) is 5.03. The zero-order valence-electron chi connectivity index (χ0n) is 17.6. The molecule has 31 heavy (non-hydrogen) atoms. The van der Waals surface area contributed by atoms with Gasteiger partial charge >= 0.3 is 6.61 Å². The Balaban J connectivity index is 1.46. The van der Waals surface area contributed by atoms with Crippen molar-refractivity contribution in [1.29, 1.82) is 0 Å². The maximum Gasteiger partial charge on any atom is 0.387 e. The van der Waals surface area contributed by atoms with Crippen LogP contribution in [0.3, 0.4) is 0 Å². The second-order valence-electron chi connectivity index (χ2n) is 7.60. The summed E-state index contributed by atoms with van der Waals surface area (Å²) in [7, 11) is 0. The Hall–Kier alpha value is -3.04. The van der Waals surface area contributed by atoms with E-state index >= 15 is 0 Å². The van der Waals surface area contributed by atoms with Crippen LogP contribution in [0.4, 0.5) is 8.78 Å². The fourth-order valence-electron chi connectivity index (χ4n) is 3.32. The van der Waals surface area contributed by atoms with Crippen molar-refractivity contribution < 1.29 is 27.6 Å². The maximum atomic E-state index is 12.7. The Kier molecular flexibility index (Phi) is 7.54. The molecule has 0 bridgehead atoms. The number of benzene rings is 1. The molecule has 2 amide bonds. The Bertz CT molecular complexity index is 895. The molecule has 3 rings (SSSR count). The number of hydrogen-bond donors (Lipinski definition) is 0. The van der Waals surface area contributed by atoms with Gasteiger partial charge < -0.3 is 19.1 Å². The van der Waals surface area contributed by atoms with Gasteiger partial charge in [-0.15, -0.1) is 0 Å². The highest BCUT2D eigenvalue weighted by atomic mass is 19.3. The highest BCUT2D eigenvalue weighted by Crippen LogP contribution is 2.22. The molecule has 0 saturated carbocycles. The number of amides is 2. The number of piperazine rings is 1. The average Bonchev–Trinajstić information content (AvgIpc) is 3.23. The molecule has 0 N–H and O–H groups in total. The average molecular weight is 436 g/mol. The van der Waals surface area contributed by atoms with Crippen LogP contribution in [0.5, 0.6) is 5.75 Å². The largest absolute Gasteiger partial charge is 0.434 e. The quantitative estimate of drug-likeness (QED) is 0.632. The molecule has 1 aromatic carbocycles. The van der Waals surface area contributed by atoms with Crippen LogP contribution in [0.2, 0.25) is 0 Å². The molecule has 168 valence electrons. The zero-order chi connectivity index (χ0) is 22.4. The van der Waals surface area contributed by atoms with E-state index in [0.29, 0.717) is 57.2 Å². The monoisotopic (exact) mass is 436 g/mol. The second-order valence-corrected chi connectivity index (χ2v) is 7.60. The number of rotatable bonds is 8. The number of ether oxygens (including phenoxy) is 1. The standard InChI is InChI=1S/C21H26F2N4O4/c1-14(2)19-24-17(31-25-19)8-5-9-18(28)26-10-12-27(13-11-26)20(29)15-6-3-4-7-16(15)30-21(22)23/h3-4,6-7,14,21H,5,8-13H2,1-2H3. The number of carbonyl (C=O) groups is 2. The summed E-state index contributed by atoms with van der Waals surface area (Å²) in [4.78, 5) is 32.8. The van der Waals surface area contributed by atoms with Crippen molar-refractivity contribution in [3.63, 3.8) is 0 Å². The summed E-state index contributed by atoms with van der Waals surface area (Å²) in [5, 5.41) is 3.91. The van der Waals surface area contributed by atoms with Crippen LogP contribution < -0.4 is 4.74 Å². The second kappa shape index (κ2) is 10.3. The minimum absolute atomic E-state index is 0.00266. The van der Waals surface area contributed by atoms with Crippen LogP contribution >= 0.6 is 0 Å². The number of para-hydroxylation sites is 1. The lowest BCUT2D eigenvalue weighted by molar-refractivity contribution is -0.132. The summed E-state index contributed by atoms with van der Waals surface area (Å²) in [6.45, 7) is 2.39. The minimum atomic E-state index is -3.01. The molecular weight excluding hydrogens is 410 g/mol. The maximum absolute atomic E-state index is 12.7. The molecule has 0 unspecified atom stereocenters. The minimum Gasteiger partial charge on any atom is -0.434 e. The van der Waals surface area contributed by atoms with Gasteiger partial charge in [0.05, 0.1) is 5.56 Å². The number of alkyl halides is 2. The first kappa shape index (κ1) is 22.6. The lowest BCUT2D eigenvalue weighted by atomic mass is 10.1. The molecule has 0 aliphatic carbocycles. The molecule has 2 heterocycles. The van der Waals surface area contributed by atoms with Crippen molar-refractivity contribution in [2.24, 2.45) is 0 Å². The van der Waals surface area contributed by atoms with Crippen LogP contribution in [0, 0.1) is 0 Å². The van der Waals surface area contributed by atoms with Crippen molar-refractivity contribution in [2.75, 3.05) is 26.2 Å². The van der Waals surface area contributed by atoms with Gasteiger partial charge in [-0.05, 0) is 18.6 Å². The lowest BCUT2D eigenvalue weighted by Gasteiger charge is -2.35. The Morgan fingerprint density at radius 2 is 1.81 bits per heavy atom. The Morgan fingerprint density at radius 1 is 1.13 bits per heavy atom. The van der Waals surface area contributed by atoms with E-state index in [0.717, 1.165) is 0 Å². The predicted molar refractivity (Wildman–Crippen MR) is 107 cm³/mol. The zero-order valence-corrected chi connectivity index (χ0v) is 17.6. The van der Waals surface area contributed by atoms with E-state index in [4.69, 9.17) is 4.52 Å². The lowest BCUT2D eigenvalue weighted by Crippen LogP contribution is -2.50. The summed E-state index contributed by atoms with van der Waals surface area (Å²) in [6.07, 6.45) is 1.47. The first-order valence-electron chi connectivity index (χ1n) is 10.3. The number of aryl methyl sites for hydroxylation is 1. The molecule has 1 saturated heterocycles. The molecule has 1 fully saturated rings. The fraction of sp³-hybridized carbons (Fsp3) is 0.524. The van der Waals surface area contributed by atoms with Gasteiger partial charge in [0.2, 0.25) is 11.8 Å². The van der Waals surface area contributed by atoms with Gasteiger partial charge in [0, 0.05) is 44.9 Å². The third-order valence-corrected chi connectivity index (χ3v) is 5.03. The van der Waals surface area contributed by atoms with E-state index in [9.17, 15) is 18.4 Å². The van der Waals surface area contributed by atoms with Crippen LogP contribution in [0.15, 0.2) is 28.8 Å². The number of carbonyl (C=O) groups excluding carboxylic acids is 2. The summed E-state index contributed by atoms with van der Waals surface area (Å²) in [5.41, 5.74) is 0.0860. The van der Waals surface area contributed by atoms with Crippen molar-refractivity contribution in [1.82, 2.24) is 19.9 Å². The highest BCUT2D eigenvalue weighted by Gasteiger charge is 2.26. The Labute approximate surface area is 179 Å². The van der Waals surface area contributed by atoms with Crippen molar-refractivity contribution in [3.05, 3.63) is 41.5 Å². The number of halogens is 2. The summed E-state index contributed by atoms with van der Waals surface area (Å²) >= 11 is 0. The van der Waals surface area contributed by atoms with Crippen LogP contribution in [0.25, 0.3) is 0 Å². The van der Waals surface area contributed by atoms with Gasteiger partial charge in [0.1, 0.15) is 5.75 Å². The molecule has 0 atom stereocenters. The summed E-state index contributed by atoms with van der Waals surface area (Å²) in [6, 6.07) is 5.92. The Morgan fingerprint density at radius 3 is 2.45 bits per heavy atom. The molecule has 1 aromatic heterocycles. The van der Waals surface area contributed by atoms with Gasteiger partial charge in [-0.1, -0.05) is 31.1 Å². The molecule has 8 nitrogen and oxygen atoms in total. The SMILES string of the molecule is CC(C)c1noc(CCCC(=O)N2CCN(C(=O)c3ccccc3OC(F)F)CC2)n1. The summed E-state index contributed by atoms with van der Waals surface area (Å²) in [5.74, 6) is 0.826. The van der Waals surface area contributed by atoms with Crippen LogP contribution in [0.1, 0.15) is 54.7 Å². The predicted octanol–water partition coefficient (Wildman–Crippen LogP) is 3.10. The van der Waals surface area contributed by atoms with Crippen molar-refractivity contribution in [3.8, 4) is 5.75 Å².